The predicted octanol–water partition coefficient (Wildman–Crippen LogP) is 6.11. The number of benzene rings is 2. The predicted molar refractivity (Wildman–Crippen MR) is 157 cm³/mol. The largest absolute Gasteiger partial charge is 0.494 e. The van der Waals surface area contributed by atoms with E-state index in [1.807, 2.05) is 6.07 Å². The Balaban J connectivity index is 1.81. The van der Waals surface area contributed by atoms with Crippen LogP contribution in [0.3, 0.4) is 0 Å². The number of carbonyl (C=O) groups excluding carboxylic acids is 1. The van der Waals surface area contributed by atoms with Gasteiger partial charge < -0.3 is 19.7 Å². The highest BCUT2D eigenvalue weighted by Gasteiger charge is 2.16. The molecule has 8 nitrogen and oxygen atoms in total. The second kappa shape index (κ2) is 13.6. The van der Waals surface area contributed by atoms with Crippen molar-refractivity contribution in [3.05, 3.63) is 94.9 Å². The summed E-state index contributed by atoms with van der Waals surface area (Å²) in [5, 5.41) is 13.2. The monoisotopic (exact) mass is 566 g/mol. The number of nitriles is 1. The third kappa shape index (κ3) is 7.35. The molecule has 0 unspecified atom stereocenters. The number of pyridine rings is 2. The number of hydrogen-bond acceptors (Lipinski definition) is 8. The van der Waals surface area contributed by atoms with E-state index in [2.05, 4.69) is 15.3 Å². The number of rotatable bonds is 12. The molecule has 2 aromatic carbocycles. The van der Waals surface area contributed by atoms with Gasteiger partial charge in [-0.25, -0.2) is 0 Å². The molecule has 0 aliphatic heterocycles. The van der Waals surface area contributed by atoms with Gasteiger partial charge in [0.15, 0.2) is 5.78 Å². The summed E-state index contributed by atoms with van der Waals surface area (Å²) in [6.07, 6.45) is 1.86. The first-order chi connectivity index (χ1) is 23.6. The van der Waals surface area contributed by atoms with Crippen LogP contribution in [0.5, 0.6) is 11.5 Å². The molecule has 4 rings (SSSR count). The summed E-state index contributed by atoms with van der Waals surface area (Å²) in [6, 6.07) is 11.5. The highest BCUT2D eigenvalue weighted by molar-refractivity contribution is 6.32. The second-order valence-electron chi connectivity index (χ2n) is 8.39. The molecule has 0 atom stereocenters. The van der Waals surface area contributed by atoms with Crippen LogP contribution < -0.4 is 14.8 Å². The number of anilines is 2. The van der Waals surface area contributed by atoms with Gasteiger partial charge in [-0.15, -0.1) is 0 Å². The van der Waals surface area contributed by atoms with E-state index in [9.17, 15) is 10.1 Å². The number of ether oxygens (including phenoxy) is 2. The highest BCUT2D eigenvalue weighted by Crippen LogP contribution is 2.36. The van der Waals surface area contributed by atoms with Crippen molar-refractivity contribution < 1.29 is 29.3 Å². The van der Waals surface area contributed by atoms with Crippen LogP contribution in [0, 0.1) is 11.3 Å². The topological polar surface area (TPSA) is 100 Å². The Kier molecular flexibility index (Phi) is 5.86. The van der Waals surface area contributed by atoms with Gasteiger partial charge >= 0.3 is 0 Å². The lowest BCUT2D eigenvalue weighted by Gasteiger charge is -2.16. The fourth-order valence-electron chi connectivity index (χ4n) is 3.54. The molecule has 1 N–H and O–H groups in total. The zero-order valence-electron chi connectivity index (χ0n) is 32.4. The van der Waals surface area contributed by atoms with Crippen LogP contribution in [-0.4, -0.2) is 47.8 Å². The van der Waals surface area contributed by atoms with E-state index in [4.69, 9.17) is 36.2 Å². The number of allylic oxidation sites excluding steroid dienone is 1. The van der Waals surface area contributed by atoms with Crippen LogP contribution in [0.4, 0.5) is 11.4 Å². The van der Waals surface area contributed by atoms with Crippen molar-refractivity contribution in [2.24, 2.45) is 0 Å². The average Bonchev–Trinajstić information content (AvgIpc) is 3.05. The number of halogens is 1. The van der Waals surface area contributed by atoms with Crippen LogP contribution in [0.2, 0.25) is 5.02 Å². The van der Waals surface area contributed by atoms with Crippen molar-refractivity contribution in [2.45, 2.75) is 19.8 Å². The summed E-state index contributed by atoms with van der Waals surface area (Å²) in [7, 11) is 2.64. The number of nitrogens with zero attached hydrogens (tertiary/aromatic N) is 4. The van der Waals surface area contributed by atoms with Crippen molar-refractivity contribution in [3.63, 3.8) is 0 Å². The van der Waals surface area contributed by atoms with E-state index in [1.165, 1.54) is 56.8 Å². The normalized spacial score (nSPS) is 17.0. The maximum Gasteiger partial charge on any atom is 0.159 e. The minimum absolute atomic E-state index is 0.00269. The zero-order valence-corrected chi connectivity index (χ0v) is 22.1. The summed E-state index contributed by atoms with van der Waals surface area (Å²) in [6.45, 7) is -11.3. The van der Waals surface area contributed by atoms with Gasteiger partial charge in [0, 0.05) is 54.9 Å². The van der Waals surface area contributed by atoms with Crippen molar-refractivity contribution in [1.82, 2.24) is 14.9 Å². The van der Waals surface area contributed by atoms with Crippen LogP contribution in [-0.2, 0) is 17.8 Å². The number of hydrogen-bond donors (Lipinski definition) is 1. The number of carbonyl (C=O) groups is 1. The molecule has 9 heteroatoms. The van der Waals surface area contributed by atoms with E-state index < -0.39 is 56.5 Å². The van der Waals surface area contributed by atoms with Gasteiger partial charge in [0.05, 0.1) is 42.3 Å². The Bertz CT molecular complexity index is 2040. The second-order valence-corrected chi connectivity index (χ2v) is 8.79. The standard InChI is InChI=1S/C31H30ClN5O3/c1-4-39-30-17-28-26(15-21(30)14-25(38)9-7-13-37(2)3)31(22(18-33)19-35-28)36-23-10-11-29(27(32)16-23)40-20-24-8-5-6-12-34-24/h5-12,15-17,19H,4,13-14,20H2,1-3H3,(H,35,36)/b9-7+/i1D3,4D2,7D,9D,13D2,20D2. The molecule has 4 aromatic rings. The van der Waals surface area contributed by atoms with Gasteiger partial charge in [-0.05, 0) is 63.4 Å². The van der Waals surface area contributed by atoms with Crippen LogP contribution >= 0.6 is 11.6 Å². The number of likely N-dealkylation sites (N-methyl/N-ethyl adjacent to an activating group) is 1. The molecule has 0 aliphatic carbocycles. The van der Waals surface area contributed by atoms with Gasteiger partial charge in [-0.3, -0.25) is 14.8 Å². The molecule has 40 heavy (non-hydrogen) atoms. The lowest BCUT2D eigenvalue weighted by molar-refractivity contribution is -0.114. The molecule has 0 saturated carbocycles. The Morgan fingerprint density at radius 1 is 1.23 bits per heavy atom. The lowest BCUT2D eigenvalue weighted by atomic mass is 10.0. The van der Waals surface area contributed by atoms with E-state index >= 15 is 0 Å². The maximum absolute atomic E-state index is 13.3. The maximum atomic E-state index is 13.3. The smallest absolute Gasteiger partial charge is 0.159 e. The number of nitrogens with one attached hydrogen (secondary N) is 1. The van der Waals surface area contributed by atoms with E-state index in [0.29, 0.717) is 5.69 Å². The first-order valence-electron chi connectivity index (χ1n) is 17.2. The summed E-state index contributed by atoms with van der Waals surface area (Å²) in [5.41, 5.74) is 0.364. The Labute approximate surface area is 254 Å². The fourth-order valence-corrected chi connectivity index (χ4v) is 3.75. The molecule has 0 fully saturated rings. The minimum atomic E-state index is -3.27. The van der Waals surface area contributed by atoms with E-state index in [0.717, 1.165) is 11.0 Å². The molecule has 0 bridgehead atoms. The quantitative estimate of drug-likeness (QED) is 0.205. The molecular formula is C31H30ClN5O3. The Morgan fingerprint density at radius 3 is 2.83 bits per heavy atom. The van der Waals surface area contributed by atoms with Gasteiger partial charge in [0.2, 0.25) is 0 Å². The first kappa shape index (κ1) is 17.3. The first-order valence-corrected chi connectivity index (χ1v) is 12.1. The zero-order chi connectivity index (χ0) is 38.1. The van der Waals surface area contributed by atoms with Gasteiger partial charge in [-0.2, -0.15) is 5.26 Å². The fraction of sp³-hybridized carbons (Fsp3) is 0.226. The van der Waals surface area contributed by atoms with Crippen LogP contribution in [0.15, 0.2) is 73.0 Å². The third-order valence-corrected chi connectivity index (χ3v) is 5.59. The van der Waals surface area contributed by atoms with Crippen molar-refractivity contribution >= 4 is 39.7 Å². The van der Waals surface area contributed by atoms with Gasteiger partial charge in [-0.1, -0.05) is 23.7 Å². The average molecular weight is 567 g/mol. The molecule has 204 valence electrons. The molecule has 0 aliphatic rings. The number of aromatic nitrogens is 2. The van der Waals surface area contributed by atoms with Gasteiger partial charge in [0.25, 0.3) is 0 Å². The SMILES string of the molecule is [2H]/C(C(=O)Cc1cc2c(Nc3ccc(OC([2H])([2H])c4ccccn4)c(Cl)c3)c(C#N)cnc2cc1OC([2H])([2H])C([2H])([2H])[2H])=C(/[2H])C([2H])([2H])N(C)C. The number of fused-ring (bicyclic) bond motifs is 1. The molecule has 2 heterocycles. The molecular weight excluding hydrogens is 526 g/mol. The Hall–Kier alpha value is -4.45. The summed E-state index contributed by atoms with van der Waals surface area (Å²) < 4.78 is 98.7. The van der Waals surface area contributed by atoms with Crippen molar-refractivity contribution in [1.29, 1.82) is 5.26 Å². The molecule has 2 aromatic heterocycles. The molecule has 0 radical (unpaired) electrons. The highest BCUT2D eigenvalue weighted by atomic mass is 35.5. The molecule has 0 saturated heterocycles. The lowest BCUT2D eigenvalue weighted by Crippen LogP contribution is -2.11. The Morgan fingerprint density at radius 2 is 2.10 bits per heavy atom. The third-order valence-electron chi connectivity index (χ3n) is 5.30. The van der Waals surface area contributed by atoms with Crippen molar-refractivity contribution in [3.8, 4) is 17.6 Å². The molecule has 0 amide bonds. The van der Waals surface area contributed by atoms with Gasteiger partial charge in [0.1, 0.15) is 24.1 Å². The van der Waals surface area contributed by atoms with E-state index in [-0.39, 0.29) is 44.2 Å². The minimum Gasteiger partial charge on any atom is -0.494 e. The van der Waals surface area contributed by atoms with Crippen LogP contribution in [0.1, 0.15) is 38.8 Å². The molecule has 0 spiro atoms. The number of ketones is 1. The van der Waals surface area contributed by atoms with E-state index in [1.54, 1.807) is 12.1 Å². The van der Waals surface area contributed by atoms with Crippen LogP contribution in [0.25, 0.3) is 10.9 Å². The summed E-state index contributed by atoms with van der Waals surface area (Å²) in [4.78, 5) is 22.5. The summed E-state index contributed by atoms with van der Waals surface area (Å²) >= 11 is 6.46. The summed E-state index contributed by atoms with van der Waals surface area (Å²) in [5.74, 6) is -1.51. The van der Waals surface area contributed by atoms with Crippen molar-refractivity contribution in [2.75, 3.05) is 32.5 Å².